The Hall–Kier alpha value is -3.87. The summed E-state index contributed by atoms with van der Waals surface area (Å²) in [5.41, 5.74) is 8.60. The first-order chi connectivity index (χ1) is 27.0. The lowest BCUT2D eigenvalue weighted by atomic mass is 9.84. The molecule has 56 heavy (non-hydrogen) atoms. The number of carboxylic acids is 1. The standard InChI is InChI=1S/C19H30N4O6.C19H32N4O4/c24-15(21-28)9-13(8-4-7-12-5-2-1-3-6-12)17-20-16(22-29-17)18(25)23-10-14(11-23)19(26)27;1-13-11-23(12-13)19(25)17-20-18(27-22-17)15(10-16(24)21-26)9-5-8-14-6-3-2-4-7-14/h12-14,16,22,28H,1-11H2,(H,21,24)(H,26,27);13-15,17,22,26H,2-12H2,1H3,(H,21,24)/t13-,16?;15-,17?/m11/s1. The second kappa shape index (κ2) is 21.6. The molecule has 2 aliphatic carbocycles. The highest BCUT2D eigenvalue weighted by atomic mass is 16.7. The van der Waals surface area contributed by atoms with Crippen LogP contribution in [-0.4, -0.2) is 105 Å². The first-order valence-corrected chi connectivity index (χ1v) is 20.7. The van der Waals surface area contributed by atoms with E-state index in [2.05, 4.69) is 27.9 Å². The molecule has 2 unspecified atom stereocenters. The molecular formula is C38H62N8O10. The lowest BCUT2D eigenvalue weighted by molar-refractivity contribution is -0.154. The lowest BCUT2D eigenvalue weighted by Crippen LogP contribution is -2.57. The van der Waals surface area contributed by atoms with Gasteiger partial charge in [0.2, 0.25) is 35.9 Å². The molecule has 0 aromatic heterocycles. The molecule has 6 rings (SSSR count). The van der Waals surface area contributed by atoms with Gasteiger partial charge in [0.25, 0.3) is 11.8 Å². The molecule has 4 fully saturated rings. The number of carboxylic acid groups (broad SMARTS) is 1. The Morgan fingerprint density at radius 2 is 1.11 bits per heavy atom. The molecule has 18 heteroatoms. The first kappa shape index (κ1) is 43.3. The topological polar surface area (TPSA) is 244 Å². The Bertz CT molecular complexity index is 1410. The molecule has 2 saturated heterocycles. The van der Waals surface area contributed by atoms with Crippen molar-refractivity contribution in [3.05, 3.63) is 0 Å². The average molecular weight is 791 g/mol. The van der Waals surface area contributed by atoms with E-state index in [-0.39, 0.29) is 55.5 Å². The van der Waals surface area contributed by atoms with Crippen molar-refractivity contribution < 1.29 is 49.2 Å². The number of likely N-dealkylation sites (tertiary alicyclic amines) is 2. The molecule has 4 heterocycles. The summed E-state index contributed by atoms with van der Waals surface area (Å²) in [5.74, 6) is -0.729. The lowest BCUT2D eigenvalue weighted by Gasteiger charge is -2.37. The Kier molecular flexibility index (Phi) is 16.7. The summed E-state index contributed by atoms with van der Waals surface area (Å²) in [6.07, 6.45) is 17.0. The van der Waals surface area contributed by atoms with E-state index in [1.54, 1.807) is 15.9 Å². The molecular weight excluding hydrogens is 728 g/mol. The summed E-state index contributed by atoms with van der Waals surface area (Å²) in [4.78, 5) is 81.9. The van der Waals surface area contributed by atoms with Crippen molar-refractivity contribution in [3.63, 3.8) is 0 Å². The van der Waals surface area contributed by atoms with E-state index in [0.717, 1.165) is 57.0 Å². The third-order valence-electron chi connectivity index (χ3n) is 12.0. The van der Waals surface area contributed by atoms with Crippen LogP contribution in [0.1, 0.15) is 122 Å². The van der Waals surface area contributed by atoms with Crippen LogP contribution in [0.2, 0.25) is 0 Å². The zero-order valence-corrected chi connectivity index (χ0v) is 32.7. The molecule has 0 aromatic carbocycles. The fourth-order valence-corrected chi connectivity index (χ4v) is 8.64. The molecule has 0 spiro atoms. The number of nitrogens with one attached hydrogen (secondary N) is 4. The summed E-state index contributed by atoms with van der Waals surface area (Å²) < 4.78 is 0. The molecule has 4 aliphatic heterocycles. The number of rotatable bonds is 17. The summed E-state index contributed by atoms with van der Waals surface area (Å²) >= 11 is 0. The predicted molar refractivity (Wildman–Crippen MR) is 201 cm³/mol. The van der Waals surface area contributed by atoms with Gasteiger partial charge in [-0.2, -0.15) is 0 Å². The average Bonchev–Trinajstić information content (AvgIpc) is 3.87. The molecule has 4 atom stereocenters. The number of hydroxylamine groups is 4. The third-order valence-corrected chi connectivity index (χ3v) is 12.0. The number of carbonyl (C=O) groups excluding carboxylic acids is 4. The third kappa shape index (κ3) is 12.6. The van der Waals surface area contributed by atoms with Gasteiger partial charge in [-0.25, -0.2) is 20.9 Å². The van der Waals surface area contributed by atoms with Crippen LogP contribution in [0.4, 0.5) is 0 Å². The zero-order valence-electron chi connectivity index (χ0n) is 32.7. The van der Waals surface area contributed by atoms with E-state index < -0.39 is 36.0 Å². The van der Waals surface area contributed by atoms with E-state index in [4.69, 9.17) is 25.2 Å². The van der Waals surface area contributed by atoms with Crippen LogP contribution in [0, 0.1) is 35.5 Å². The number of amides is 4. The van der Waals surface area contributed by atoms with Crippen molar-refractivity contribution in [2.24, 2.45) is 45.5 Å². The van der Waals surface area contributed by atoms with Crippen LogP contribution >= 0.6 is 0 Å². The smallest absolute Gasteiger partial charge is 0.310 e. The number of aliphatic imine (C=N–C) groups is 2. The predicted octanol–water partition coefficient (Wildman–Crippen LogP) is 3.04. The minimum Gasteiger partial charge on any atom is -0.481 e. The fourth-order valence-electron chi connectivity index (χ4n) is 8.64. The van der Waals surface area contributed by atoms with Crippen LogP contribution < -0.4 is 21.9 Å². The Morgan fingerprint density at radius 3 is 1.48 bits per heavy atom. The normalized spacial score (nSPS) is 24.2. The zero-order chi connectivity index (χ0) is 40.0. The van der Waals surface area contributed by atoms with Crippen molar-refractivity contribution in [2.45, 2.75) is 135 Å². The van der Waals surface area contributed by atoms with E-state index in [1.165, 1.54) is 69.1 Å². The SMILES string of the molecule is CC1CN(C(=O)C2N=C([C@H](CCCC3CCCCC3)CC(=O)NO)ON2)C1.O=C(C[C@@H](CCCC1CCCCC1)C1=NC(C(=O)N2CC(C(=O)O)C2)NO1)NO. The minimum atomic E-state index is -0.933. The maximum atomic E-state index is 12.4. The van der Waals surface area contributed by atoms with E-state index in [0.29, 0.717) is 18.2 Å². The highest BCUT2D eigenvalue weighted by molar-refractivity contribution is 5.92. The second-order valence-electron chi connectivity index (χ2n) is 16.5. The first-order valence-electron chi connectivity index (χ1n) is 20.7. The summed E-state index contributed by atoms with van der Waals surface area (Å²) in [6, 6.07) is 0. The molecule has 0 radical (unpaired) electrons. The van der Waals surface area contributed by atoms with Gasteiger partial charge < -0.3 is 24.6 Å². The Morgan fingerprint density at radius 1 is 0.696 bits per heavy atom. The van der Waals surface area contributed by atoms with Gasteiger partial charge >= 0.3 is 5.97 Å². The highest BCUT2D eigenvalue weighted by Gasteiger charge is 2.41. The molecule has 4 amide bonds. The van der Waals surface area contributed by atoms with Crippen molar-refractivity contribution in [1.29, 1.82) is 0 Å². The van der Waals surface area contributed by atoms with Crippen LogP contribution in [0.25, 0.3) is 0 Å². The van der Waals surface area contributed by atoms with E-state index in [9.17, 15) is 24.0 Å². The number of nitrogens with zero attached hydrogens (tertiary/aromatic N) is 4. The second-order valence-corrected chi connectivity index (χ2v) is 16.5. The molecule has 2 saturated carbocycles. The molecule has 0 aromatic rings. The maximum absolute atomic E-state index is 12.4. The van der Waals surface area contributed by atoms with Crippen molar-refractivity contribution in [2.75, 3.05) is 26.2 Å². The summed E-state index contributed by atoms with van der Waals surface area (Å²) in [7, 11) is 0. The van der Waals surface area contributed by atoms with Gasteiger partial charge in [-0.3, -0.25) is 34.4 Å². The molecule has 18 nitrogen and oxygen atoms in total. The minimum absolute atomic E-state index is 0.0212. The van der Waals surface area contributed by atoms with Crippen LogP contribution in [0.15, 0.2) is 9.98 Å². The largest absolute Gasteiger partial charge is 0.481 e. The molecule has 6 aliphatic rings. The van der Waals surface area contributed by atoms with Gasteiger partial charge in [0.1, 0.15) is 0 Å². The van der Waals surface area contributed by atoms with Gasteiger partial charge in [-0.1, -0.05) is 96.8 Å². The number of hydrogen-bond donors (Lipinski definition) is 7. The fraction of sp³-hybridized carbons (Fsp3) is 0.816. The van der Waals surface area contributed by atoms with Gasteiger partial charge in [-0.15, -0.1) is 11.0 Å². The van der Waals surface area contributed by atoms with Crippen molar-refractivity contribution >= 4 is 41.4 Å². The van der Waals surface area contributed by atoms with Gasteiger partial charge in [0.05, 0.1) is 5.92 Å². The Labute approximate surface area is 328 Å². The molecule has 314 valence electrons. The summed E-state index contributed by atoms with van der Waals surface area (Å²) in [6.45, 7) is 3.93. The van der Waals surface area contributed by atoms with Gasteiger partial charge in [0.15, 0.2) is 0 Å². The summed E-state index contributed by atoms with van der Waals surface area (Å²) in [5, 5.41) is 26.7. The van der Waals surface area contributed by atoms with E-state index in [1.807, 2.05) is 0 Å². The number of carbonyl (C=O) groups is 5. The van der Waals surface area contributed by atoms with Crippen molar-refractivity contribution in [3.8, 4) is 0 Å². The Balaban J connectivity index is 0.000000215. The monoisotopic (exact) mass is 790 g/mol. The quantitative estimate of drug-likeness (QED) is 0.0831. The number of hydrogen-bond acceptors (Lipinski definition) is 13. The highest BCUT2D eigenvalue weighted by Crippen LogP contribution is 2.31. The van der Waals surface area contributed by atoms with Crippen molar-refractivity contribution in [1.82, 2.24) is 31.7 Å². The number of aliphatic carboxylic acids is 1. The van der Waals surface area contributed by atoms with Crippen LogP contribution in [0.3, 0.4) is 0 Å². The molecule has 7 N–H and O–H groups in total. The van der Waals surface area contributed by atoms with E-state index >= 15 is 0 Å². The van der Waals surface area contributed by atoms with Gasteiger partial charge in [-0.05, 0) is 30.6 Å². The molecule has 0 bridgehead atoms. The maximum Gasteiger partial charge on any atom is 0.310 e. The van der Waals surface area contributed by atoms with Gasteiger partial charge in [0, 0.05) is 50.9 Å². The van der Waals surface area contributed by atoms with Crippen LogP contribution in [-0.2, 0) is 33.6 Å². The van der Waals surface area contributed by atoms with Crippen LogP contribution in [0.5, 0.6) is 0 Å².